The number of hydrogen-bond donors (Lipinski definition) is 0. The van der Waals surface area contributed by atoms with Crippen molar-refractivity contribution in [1.82, 2.24) is 0 Å². The van der Waals surface area contributed by atoms with Crippen LogP contribution in [0.5, 0.6) is 0 Å². The third-order valence-electron chi connectivity index (χ3n) is 5.29. The fraction of sp³-hybridized carbons (Fsp3) is 0.407. The second kappa shape index (κ2) is 10.5. The van der Waals surface area contributed by atoms with Crippen LogP contribution < -0.4 is 0 Å². The van der Waals surface area contributed by atoms with E-state index < -0.39 is 0 Å². The van der Waals surface area contributed by atoms with Gasteiger partial charge < -0.3 is 4.74 Å². The molecular formula is C27H36N2O. The van der Waals surface area contributed by atoms with Gasteiger partial charge in [-0.1, -0.05) is 63.7 Å². The maximum Gasteiger partial charge on any atom is 0.0703 e. The molecule has 3 nitrogen and oxygen atoms in total. The zero-order valence-electron chi connectivity index (χ0n) is 19.6. The molecule has 0 N–H and O–H groups in total. The lowest BCUT2D eigenvalue weighted by Crippen LogP contribution is -2.22. The van der Waals surface area contributed by atoms with Crippen molar-refractivity contribution >= 4 is 28.4 Å². The maximum absolute atomic E-state index is 5.39. The normalized spacial score (nSPS) is 14.0. The van der Waals surface area contributed by atoms with Crippen molar-refractivity contribution in [1.29, 1.82) is 0 Å². The Labute approximate surface area is 182 Å². The van der Waals surface area contributed by atoms with Crippen LogP contribution in [0.25, 0.3) is 5.57 Å². The van der Waals surface area contributed by atoms with E-state index in [1.807, 2.05) is 25.1 Å². The Morgan fingerprint density at radius 3 is 2.00 bits per heavy atom. The first-order valence-electron chi connectivity index (χ1n) is 10.6. The molecule has 160 valence electrons. The van der Waals surface area contributed by atoms with Gasteiger partial charge in [0.05, 0.1) is 11.4 Å². The van der Waals surface area contributed by atoms with Gasteiger partial charge in [-0.05, 0) is 55.9 Å². The molecule has 0 spiro atoms. The molecule has 3 heteroatoms. The Kier molecular flexibility index (Phi) is 8.31. The van der Waals surface area contributed by atoms with Gasteiger partial charge in [0.15, 0.2) is 0 Å². The van der Waals surface area contributed by atoms with E-state index in [9.17, 15) is 0 Å². The van der Waals surface area contributed by atoms with E-state index in [1.54, 1.807) is 7.11 Å². The number of methoxy groups -OCH3 is 1. The van der Waals surface area contributed by atoms with Crippen molar-refractivity contribution in [2.75, 3.05) is 13.7 Å². The summed E-state index contributed by atoms with van der Waals surface area (Å²) in [7, 11) is 1.74. The zero-order chi connectivity index (χ0) is 22.3. The van der Waals surface area contributed by atoms with Crippen LogP contribution in [0.2, 0.25) is 0 Å². The molecule has 0 saturated heterocycles. The van der Waals surface area contributed by atoms with Crippen LogP contribution in [0.3, 0.4) is 0 Å². The van der Waals surface area contributed by atoms with Crippen LogP contribution >= 0.6 is 0 Å². The van der Waals surface area contributed by atoms with Crippen molar-refractivity contribution in [3.8, 4) is 0 Å². The molecule has 0 saturated carbocycles. The first-order valence-corrected chi connectivity index (χ1v) is 10.6. The monoisotopic (exact) mass is 404 g/mol. The van der Waals surface area contributed by atoms with Gasteiger partial charge in [0.1, 0.15) is 0 Å². The minimum atomic E-state index is 0.0337. The first-order chi connectivity index (χ1) is 14.1. The Hall–Kier alpha value is -2.52. The van der Waals surface area contributed by atoms with Gasteiger partial charge in [0, 0.05) is 36.6 Å². The van der Waals surface area contributed by atoms with Gasteiger partial charge in [-0.25, -0.2) is 0 Å². The molecule has 0 aliphatic carbocycles. The lowest BCUT2D eigenvalue weighted by Gasteiger charge is -2.22. The lowest BCUT2D eigenvalue weighted by molar-refractivity contribution is 0.192. The molecule has 0 aliphatic rings. The highest BCUT2D eigenvalue weighted by Crippen LogP contribution is 2.32. The number of rotatable bonds is 8. The van der Waals surface area contributed by atoms with Gasteiger partial charge in [-0.15, -0.1) is 0 Å². The second-order valence-corrected chi connectivity index (χ2v) is 8.91. The van der Waals surface area contributed by atoms with Gasteiger partial charge in [0.2, 0.25) is 0 Å². The summed E-state index contributed by atoms with van der Waals surface area (Å²) in [4.78, 5) is 10.0. The molecule has 2 aromatic rings. The topological polar surface area (TPSA) is 34.0 Å². The highest BCUT2D eigenvalue weighted by atomic mass is 16.5. The molecule has 2 rings (SSSR count). The molecular weight excluding hydrogens is 368 g/mol. The van der Waals surface area contributed by atoms with Crippen LogP contribution in [0.15, 0.2) is 65.1 Å². The Morgan fingerprint density at radius 2 is 1.43 bits per heavy atom. The van der Waals surface area contributed by atoms with Crippen molar-refractivity contribution in [2.45, 2.75) is 53.4 Å². The zero-order valence-corrected chi connectivity index (χ0v) is 19.6. The standard InChI is InChI=1S/C27H36N2O/c1-19(2)22-13-9-11-15-25(22)28-20(3)23(17-18-30-8)21(4)29-26-16-12-10-14-24(26)27(5,6)7/h9-16,23H,1,17-18H2,2-8H3. The number of hydrogen-bond acceptors (Lipinski definition) is 3. The van der Waals surface area contributed by atoms with Crippen LogP contribution in [-0.2, 0) is 10.2 Å². The minimum Gasteiger partial charge on any atom is -0.385 e. The number of allylic oxidation sites excluding steroid dienone is 1. The van der Waals surface area contributed by atoms with Gasteiger partial charge >= 0.3 is 0 Å². The average molecular weight is 405 g/mol. The third kappa shape index (κ3) is 6.24. The Balaban J connectivity index is 2.48. The summed E-state index contributed by atoms with van der Waals surface area (Å²) >= 11 is 0. The minimum absolute atomic E-state index is 0.0337. The smallest absolute Gasteiger partial charge is 0.0703 e. The van der Waals surface area contributed by atoms with Crippen LogP contribution in [0.1, 0.15) is 59.1 Å². The van der Waals surface area contributed by atoms with Crippen molar-refractivity contribution < 1.29 is 4.74 Å². The fourth-order valence-corrected chi connectivity index (χ4v) is 3.63. The molecule has 0 aromatic heterocycles. The highest BCUT2D eigenvalue weighted by Gasteiger charge is 2.20. The molecule has 0 fully saturated rings. The molecule has 2 aromatic carbocycles. The van der Waals surface area contributed by atoms with Gasteiger partial charge in [-0.2, -0.15) is 0 Å². The molecule has 0 aliphatic heterocycles. The Bertz CT molecular complexity index is 932. The highest BCUT2D eigenvalue weighted by molar-refractivity contribution is 6.07. The summed E-state index contributed by atoms with van der Waals surface area (Å²) < 4.78 is 5.39. The summed E-state index contributed by atoms with van der Waals surface area (Å²) in [6.45, 7) is 17.6. The van der Waals surface area contributed by atoms with Crippen LogP contribution in [0, 0.1) is 5.92 Å². The summed E-state index contributed by atoms with van der Waals surface area (Å²) in [5.41, 5.74) is 7.44. The predicted molar refractivity (Wildman–Crippen MR) is 132 cm³/mol. The van der Waals surface area contributed by atoms with Gasteiger partial charge in [0.25, 0.3) is 0 Å². The van der Waals surface area contributed by atoms with E-state index in [0.29, 0.717) is 6.61 Å². The Morgan fingerprint density at radius 1 is 0.900 bits per heavy atom. The molecule has 0 heterocycles. The van der Waals surface area contributed by atoms with Crippen molar-refractivity contribution in [3.05, 3.63) is 66.2 Å². The van der Waals surface area contributed by atoms with E-state index in [-0.39, 0.29) is 11.3 Å². The lowest BCUT2D eigenvalue weighted by atomic mass is 9.85. The number of benzene rings is 2. The molecule has 1 unspecified atom stereocenters. The van der Waals surface area contributed by atoms with E-state index in [0.717, 1.165) is 40.4 Å². The van der Waals surface area contributed by atoms with E-state index >= 15 is 0 Å². The SMILES string of the molecule is C=C(C)c1ccccc1N=C(C)C(CCOC)C(C)=Nc1ccccc1C(C)(C)C. The number of aliphatic imine (C=N–C) groups is 2. The number of nitrogens with zero attached hydrogens (tertiary/aromatic N) is 2. The van der Waals surface area contributed by atoms with E-state index in [4.69, 9.17) is 14.7 Å². The summed E-state index contributed by atoms with van der Waals surface area (Å²) in [6.07, 6.45) is 0.841. The third-order valence-corrected chi connectivity index (χ3v) is 5.29. The quantitative estimate of drug-likeness (QED) is 0.418. The molecule has 1 atom stereocenters. The van der Waals surface area contributed by atoms with E-state index in [1.165, 1.54) is 5.56 Å². The van der Waals surface area contributed by atoms with Crippen molar-refractivity contribution in [2.24, 2.45) is 15.9 Å². The summed E-state index contributed by atoms with van der Waals surface area (Å²) in [5.74, 6) is 0.108. The number of ether oxygens (including phenoxy) is 1. The fourth-order valence-electron chi connectivity index (χ4n) is 3.63. The van der Waals surface area contributed by atoms with Crippen molar-refractivity contribution in [3.63, 3.8) is 0 Å². The average Bonchev–Trinajstić information content (AvgIpc) is 2.68. The molecule has 0 bridgehead atoms. The molecule has 0 amide bonds. The predicted octanol–water partition coefficient (Wildman–Crippen LogP) is 7.55. The van der Waals surface area contributed by atoms with Gasteiger partial charge in [-0.3, -0.25) is 9.98 Å². The first kappa shape index (κ1) is 23.8. The summed E-state index contributed by atoms with van der Waals surface area (Å²) in [6, 6.07) is 16.6. The maximum atomic E-state index is 5.39. The van der Waals surface area contributed by atoms with Crippen LogP contribution in [-0.4, -0.2) is 25.1 Å². The summed E-state index contributed by atoms with van der Waals surface area (Å²) in [5, 5.41) is 0. The number of para-hydroxylation sites is 2. The van der Waals surface area contributed by atoms with E-state index in [2.05, 4.69) is 71.5 Å². The molecule has 30 heavy (non-hydrogen) atoms. The molecule has 0 radical (unpaired) electrons. The van der Waals surface area contributed by atoms with Crippen LogP contribution in [0.4, 0.5) is 11.4 Å². The second-order valence-electron chi connectivity index (χ2n) is 8.91. The largest absolute Gasteiger partial charge is 0.385 e.